The topological polar surface area (TPSA) is 47.6 Å². The van der Waals surface area contributed by atoms with Crippen molar-refractivity contribution in [1.29, 1.82) is 10.5 Å². The van der Waals surface area contributed by atoms with Crippen molar-refractivity contribution in [3.8, 4) is 12.1 Å². The van der Waals surface area contributed by atoms with Crippen LogP contribution in [0.1, 0.15) is 12.0 Å². The molecule has 0 spiro atoms. The van der Waals surface area contributed by atoms with Gasteiger partial charge >= 0.3 is 0 Å². The third-order valence-corrected chi connectivity index (χ3v) is 3.35. The molecule has 1 aromatic carbocycles. The van der Waals surface area contributed by atoms with Gasteiger partial charge in [0.05, 0.1) is 12.1 Å². The highest BCUT2D eigenvalue weighted by atomic mass is 35.5. The Morgan fingerprint density at radius 3 is 2.14 bits per heavy atom. The zero-order valence-corrected chi connectivity index (χ0v) is 8.12. The van der Waals surface area contributed by atoms with E-state index in [4.69, 9.17) is 22.1 Å². The van der Waals surface area contributed by atoms with Crippen molar-refractivity contribution in [2.24, 2.45) is 5.41 Å². The Balaban J connectivity index is 2.42. The van der Waals surface area contributed by atoms with Gasteiger partial charge in [-0.1, -0.05) is 30.3 Å². The normalized spacial score (nSPS) is 27.4. The van der Waals surface area contributed by atoms with Crippen LogP contribution in [0.2, 0.25) is 0 Å². The van der Waals surface area contributed by atoms with Gasteiger partial charge in [-0.3, -0.25) is 0 Å². The molecule has 0 radical (unpaired) electrons. The quantitative estimate of drug-likeness (QED) is 0.657. The van der Waals surface area contributed by atoms with Crippen LogP contribution in [0.4, 0.5) is 0 Å². The van der Waals surface area contributed by atoms with Gasteiger partial charge in [0.15, 0.2) is 5.41 Å². The van der Waals surface area contributed by atoms with Gasteiger partial charge in [-0.15, -0.1) is 11.6 Å². The van der Waals surface area contributed by atoms with Crippen LogP contribution in [0, 0.1) is 28.1 Å². The summed E-state index contributed by atoms with van der Waals surface area (Å²) in [6.45, 7) is 0. The molecule has 1 fully saturated rings. The maximum Gasteiger partial charge on any atom is 0.169 e. The van der Waals surface area contributed by atoms with Crippen LogP contribution in [-0.4, -0.2) is 0 Å². The number of benzene rings is 1. The second-order valence-electron chi connectivity index (χ2n) is 3.47. The van der Waals surface area contributed by atoms with E-state index in [-0.39, 0.29) is 0 Å². The average Bonchev–Trinajstić information content (AvgIpc) is 2.88. The lowest BCUT2D eigenvalue weighted by Gasteiger charge is -2.08. The van der Waals surface area contributed by atoms with Crippen LogP contribution in [0.3, 0.4) is 0 Å². The molecule has 2 rings (SSSR count). The summed E-state index contributed by atoms with van der Waals surface area (Å²) in [7, 11) is 0. The van der Waals surface area contributed by atoms with Crippen molar-refractivity contribution in [2.45, 2.75) is 11.3 Å². The second-order valence-corrected chi connectivity index (χ2v) is 4.12. The zero-order chi connectivity index (χ0) is 10.2. The monoisotopic (exact) mass is 202 g/mol. The molecule has 0 amide bonds. The lowest BCUT2D eigenvalue weighted by molar-refractivity contribution is 0.793. The molecule has 0 saturated heterocycles. The smallest absolute Gasteiger partial charge is 0.169 e. The molecule has 14 heavy (non-hydrogen) atoms. The minimum atomic E-state index is -1.03. The second kappa shape index (κ2) is 2.74. The van der Waals surface area contributed by atoms with Gasteiger partial charge in [0, 0.05) is 6.42 Å². The molecule has 1 aromatic rings. The molecule has 1 aliphatic carbocycles. The molecule has 0 aliphatic heterocycles. The highest BCUT2D eigenvalue weighted by Gasteiger charge is 2.70. The van der Waals surface area contributed by atoms with Crippen molar-refractivity contribution in [3.63, 3.8) is 0 Å². The van der Waals surface area contributed by atoms with Gasteiger partial charge in [-0.2, -0.15) is 10.5 Å². The first-order valence-corrected chi connectivity index (χ1v) is 4.63. The molecule has 0 heterocycles. The van der Waals surface area contributed by atoms with E-state index >= 15 is 0 Å². The molecule has 2 nitrogen and oxygen atoms in total. The minimum absolute atomic E-state index is 0.415. The van der Waals surface area contributed by atoms with E-state index in [2.05, 4.69) is 0 Å². The molecule has 68 valence electrons. The van der Waals surface area contributed by atoms with Crippen LogP contribution >= 0.6 is 11.6 Å². The number of nitrogens with zero attached hydrogens (tertiary/aromatic N) is 2. The first-order valence-electron chi connectivity index (χ1n) is 4.25. The van der Waals surface area contributed by atoms with E-state index in [1.807, 2.05) is 42.5 Å². The van der Waals surface area contributed by atoms with Gasteiger partial charge in [-0.05, 0) is 5.56 Å². The van der Waals surface area contributed by atoms with E-state index in [1.165, 1.54) is 0 Å². The van der Waals surface area contributed by atoms with Crippen LogP contribution in [0.5, 0.6) is 0 Å². The van der Waals surface area contributed by atoms with Crippen LogP contribution in [0.25, 0.3) is 0 Å². The fourth-order valence-corrected chi connectivity index (χ4v) is 2.06. The number of nitriles is 2. The van der Waals surface area contributed by atoms with Gasteiger partial charge in [0.2, 0.25) is 0 Å². The third kappa shape index (κ3) is 0.953. The van der Waals surface area contributed by atoms with E-state index in [0.717, 1.165) is 5.56 Å². The van der Waals surface area contributed by atoms with E-state index in [0.29, 0.717) is 6.42 Å². The Bertz CT molecular complexity index is 427. The lowest BCUT2D eigenvalue weighted by atomic mass is 10.0. The number of alkyl halides is 1. The predicted molar refractivity (Wildman–Crippen MR) is 52.2 cm³/mol. The number of hydrogen-bond acceptors (Lipinski definition) is 2. The summed E-state index contributed by atoms with van der Waals surface area (Å²) in [5.41, 5.74) is -0.180. The maximum atomic E-state index is 8.90. The van der Waals surface area contributed by atoms with Crippen molar-refractivity contribution in [2.75, 3.05) is 0 Å². The molecule has 1 aliphatic rings. The standard InChI is InChI=1S/C11H7ClN2/c12-11(6-10(11,7-13)8-14)9-4-2-1-3-5-9/h1-5H,6H2. The fraction of sp³-hybridized carbons (Fsp3) is 0.273. The minimum Gasteiger partial charge on any atom is -0.196 e. The number of rotatable bonds is 1. The number of hydrogen-bond donors (Lipinski definition) is 0. The summed E-state index contributed by atoms with van der Waals surface area (Å²) >= 11 is 6.25. The summed E-state index contributed by atoms with van der Waals surface area (Å²) in [5.74, 6) is 0. The van der Waals surface area contributed by atoms with Crippen molar-refractivity contribution >= 4 is 11.6 Å². The van der Waals surface area contributed by atoms with Gasteiger partial charge in [-0.25, -0.2) is 0 Å². The first-order chi connectivity index (χ1) is 6.68. The van der Waals surface area contributed by atoms with Crippen molar-refractivity contribution in [3.05, 3.63) is 35.9 Å². The summed E-state index contributed by atoms with van der Waals surface area (Å²) in [6.07, 6.45) is 0.415. The molecule has 0 bridgehead atoms. The van der Waals surface area contributed by atoms with Gasteiger partial charge in [0.25, 0.3) is 0 Å². The summed E-state index contributed by atoms with van der Waals surface area (Å²) in [5, 5.41) is 17.8. The highest BCUT2D eigenvalue weighted by Crippen LogP contribution is 2.66. The fourth-order valence-electron chi connectivity index (χ4n) is 1.65. The molecule has 0 aromatic heterocycles. The summed E-state index contributed by atoms with van der Waals surface area (Å²) in [4.78, 5) is -0.794. The van der Waals surface area contributed by atoms with E-state index in [1.54, 1.807) is 0 Å². The lowest BCUT2D eigenvalue weighted by Crippen LogP contribution is -2.08. The van der Waals surface area contributed by atoms with Gasteiger partial charge < -0.3 is 0 Å². The molecule has 3 heteroatoms. The SMILES string of the molecule is N#CC1(C#N)CC1(Cl)c1ccccc1. The maximum absolute atomic E-state index is 8.90. The van der Waals surface area contributed by atoms with E-state index < -0.39 is 10.3 Å². The third-order valence-electron chi connectivity index (χ3n) is 2.67. The van der Waals surface area contributed by atoms with Crippen LogP contribution in [0.15, 0.2) is 30.3 Å². The Morgan fingerprint density at radius 1 is 1.14 bits per heavy atom. The Labute approximate surface area is 87.3 Å². The molecular weight excluding hydrogens is 196 g/mol. The van der Waals surface area contributed by atoms with E-state index in [9.17, 15) is 0 Å². The summed E-state index contributed by atoms with van der Waals surface area (Å²) in [6, 6.07) is 13.3. The Kier molecular flexibility index (Phi) is 1.77. The molecule has 1 saturated carbocycles. The molecule has 0 N–H and O–H groups in total. The number of halogens is 1. The van der Waals surface area contributed by atoms with Crippen molar-refractivity contribution < 1.29 is 0 Å². The Hall–Kier alpha value is -1.51. The average molecular weight is 203 g/mol. The first kappa shape index (κ1) is 9.06. The van der Waals surface area contributed by atoms with Gasteiger partial charge in [0.1, 0.15) is 4.87 Å². The highest BCUT2D eigenvalue weighted by molar-refractivity contribution is 6.27. The zero-order valence-electron chi connectivity index (χ0n) is 7.37. The predicted octanol–water partition coefficient (Wildman–Crippen LogP) is 2.56. The Morgan fingerprint density at radius 2 is 1.71 bits per heavy atom. The molecule has 1 atom stereocenters. The molecule has 1 unspecified atom stereocenters. The van der Waals surface area contributed by atoms with Crippen molar-refractivity contribution in [1.82, 2.24) is 0 Å². The molecular formula is C11H7ClN2. The largest absolute Gasteiger partial charge is 0.196 e. The van der Waals surface area contributed by atoms with Crippen LogP contribution in [-0.2, 0) is 4.87 Å². The van der Waals surface area contributed by atoms with Crippen LogP contribution < -0.4 is 0 Å². The summed E-state index contributed by atoms with van der Waals surface area (Å²) < 4.78 is 0.